The van der Waals surface area contributed by atoms with Gasteiger partial charge < -0.3 is 5.32 Å². The Morgan fingerprint density at radius 3 is 2.63 bits per heavy atom. The highest BCUT2D eigenvalue weighted by Gasteiger charge is 2.25. The van der Waals surface area contributed by atoms with Gasteiger partial charge in [-0.3, -0.25) is 0 Å². The topological polar surface area (TPSA) is 49.4 Å². The zero-order valence-electron chi connectivity index (χ0n) is 11.7. The maximum absolute atomic E-state index is 12.5. The minimum absolute atomic E-state index is 0.369. The summed E-state index contributed by atoms with van der Waals surface area (Å²) in [6.07, 6.45) is 0.862. The normalized spacial score (nSPS) is 12.6. The predicted molar refractivity (Wildman–Crippen MR) is 84.1 cm³/mol. The van der Waals surface area contributed by atoms with Crippen LogP contribution in [-0.4, -0.2) is 33.4 Å². The number of hydrogen-bond acceptors (Lipinski definition) is 4. The Labute approximate surface area is 128 Å². The molecule has 0 saturated carbocycles. The first-order valence-electron chi connectivity index (χ1n) is 6.18. The lowest BCUT2D eigenvalue weighted by Crippen LogP contribution is -2.28. The van der Waals surface area contributed by atoms with Crippen LogP contribution in [0.1, 0.15) is 25.1 Å². The van der Waals surface area contributed by atoms with Crippen molar-refractivity contribution in [1.82, 2.24) is 9.62 Å². The van der Waals surface area contributed by atoms with E-state index in [0.29, 0.717) is 27.7 Å². The van der Waals surface area contributed by atoms with Gasteiger partial charge in [-0.25, -0.2) is 12.7 Å². The summed E-state index contributed by atoms with van der Waals surface area (Å²) in [5.41, 5.74) is 0. The zero-order chi connectivity index (χ0) is 14.6. The van der Waals surface area contributed by atoms with Crippen LogP contribution in [0.5, 0.6) is 0 Å². The average molecular weight is 369 g/mol. The number of thiophene rings is 1. The van der Waals surface area contributed by atoms with Crippen LogP contribution in [0.2, 0.25) is 0 Å². The van der Waals surface area contributed by atoms with Crippen LogP contribution in [0.25, 0.3) is 0 Å². The van der Waals surface area contributed by atoms with E-state index in [1.807, 2.05) is 7.05 Å². The summed E-state index contributed by atoms with van der Waals surface area (Å²) in [5, 5.41) is 3.03. The third-order valence-corrected chi connectivity index (χ3v) is 6.88. The molecule has 0 aliphatic carbocycles. The smallest absolute Gasteiger partial charge is 0.244 e. The molecule has 0 aliphatic rings. The van der Waals surface area contributed by atoms with Crippen LogP contribution in [0, 0.1) is 5.92 Å². The van der Waals surface area contributed by atoms with Gasteiger partial charge in [0.1, 0.15) is 4.90 Å². The van der Waals surface area contributed by atoms with Crippen molar-refractivity contribution >= 4 is 37.3 Å². The first-order valence-corrected chi connectivity index (χ1v) is 9.23. The van der Waals surface area contributed by atoms with E-state index in [1.165, 1.54) is 15.6 Å². The molecule has 110 valence electrons. The molecular formula is C12H21BrN2O2S2. The summed E-state index contributed by atoms with van der Waals surface area (Å²) in [5.74, 6) is 0.489. The van der Waals surface area contributed by atoms with Gasteiger partial charge in [0.2, 0.25) is 10.0 Å². The number of sulfonamides is 1. The van der Waals surface area contributed by atoms with E-state index in [1.54, 1.807) is 13.1 Å². The largest absolute Gasteiger partial charge is 0.315 e. The number of nitrogens with zero attached hydrogens (tertiary/aromatic N) is 1. The second-order valence-electron chi connectivity index (χ2n) is 4.89. The van der Waals surface area contributed by atoms with Gasteiger partial charge in [-0.15, -0.1) is 11.3 Å². The summed E-state index contributed by atoms with van der Waals surface area (Å²) in [6.45, 7) is 5.40. The Balaban J connectivity index is 2.93. The molecule has 0 radical (unpaired) electrons. The third kappa shape index (κ3) is 4.53. The Kier molecular flexibility index (Phi) is 6.46. The van der Waals surface area contributed by atoms with Crippen molar-refractivity contribution in [3.05, 3.63) is 14.7 Å². The number of hydrogen-bond donors (Lipinski definition) is 1. The Morgan fingerprint density at radius 2 is 2.11 bits per heavy atom. The van der Waals surface area contributed by atoms with E-state index >= 15 is 0 Å². The highest BCUT2D eigenvalue weighted by molar-refractivity contribution is 9.11. The third-order valence-electron chi connectivity index (χ3n) is 2.77. The summed E-state index contributed by atoms with van der Waals surface area (Å²) in [6, 6.07) is 1.74. The molecule has 1 rings (SSSR count). The first kappa shape index (κ1) is 17.1. The van der Waals surface area contributed by atoms with Gasteiger partial charge in [0.05, 0.1) is 3.79 Å². The predicted octanol–water partition coefficient (Wildman–Crippen LogP) is 2.90. The van der Waals surface area contributed by atoms with Gasteiger partial charge in [0.25, 0.3) is 0 Å². The average Bonchev–Trinajstić information content (AvgIpc) is 2.68. The molecule has 0 unspecified atom stereocenters. The highest BCUT2D eigenvalue weighted by atomic mass is 79.9. The molecule has 1 aromatic rings. The fourth-order valence-corrected chi connectivity index (χ4v) is 5.39. The molecule has 0 fully saturated rings. The summed E-state index contributed by atoms with van der Waals surface area (Å²) in [4.78, 5) is 1.37. The molecule has 0 aliphatic heterocycles. The van der Waals surface area contributed by atoms with Crippen LogP contribution in [0.15, 0.2) is 14.7 Å². The molecule has 0 amide bonds. The molecule has 1 aromatic heterocycles. The first-order chi connectivity index (χ1) is 8.78. The van der Waals surface area contributed by atoms with Crippen molar-refractivity contribution in [2.45, 2.75) is 31.7 Å². The second kappa shape index (κ2) is 7.17. The fourth-order valence-electron chi connectivity index (χ4n) is 1.56. The van der Waals surface area contributed by atoms with Gasteiger partial charge >= 0.3 is 0 Å². The molecule has 7 heteroatoms. The summed E-state index contributed by atoms with van der Waals surface area (Å²) in [7, 11) is 0.0886. The van der Waals surface area contributed by atoms with E-state index < -0.39 is 10.0 Å². The van der Waals surface area contributed by atoms with E-state index in [0.717, 1.165) is 11.3 Å². The summed E-state index contributed by atoms with van der Waals surface area (Å²) >= 11 is 4.81. The molecule has 4 nitrogen and oxygen atoms in total. The molecule has 0 spiro atoms. The van der Waals surface area contributed by atoms with Crippen molar-refractivity contribution in [3.8, 4) is 0 Å². The fraction of sp³-hybridized carbons (Fsp3) is 0.667. The monoisotopic (exact) mass is 368 g/mol. The van der Waals surface area contributed by atoms with Gasteiger partial charge in [-0.05, 0) is 41.4 Å². The van der Waals surface area contributed by atoms with Crippen LogP contribution in [0.3, 0.4) is 0 Å². The Morgan fingerprint density at radius 1 is 1.47 bits per heavy atom. The standard InChI is InChI=1S/C12H21BrN2O2S2/c1-9(2)5-6-15(4)19(16,17)11-7-10(8-14-3)18-12(11)13/h7,9,14H,5-6,8H2,1-4H3. The van der Waals surface area contributed by atoms with E-state index in [9.17, 15) is 8.42 Å². The number of nitrogens with one attached hydrogen (secondary N) is 1. The highest BCUT2D eigenvalue weighted by Crippen LogP contribution is 2.33. The minimum atomic E-state index is -3.39. The van der Waals surface area contributed by atoms with E-state index in [2.05, 4.69) is 35.1 Å². The molecular weight excluding hydrogens is 348 g/mol. The van der Waals surface area contributed by atoms with Gasteiger partial charge in [0.15, 0.2) is 0 Å². The van der Waals surface area contributed by atoms with Crippen LogP contribution in [-0.2, 0) is 16.6 Å². The van der Waals surface area contributed by atoms with Crippen LogP contribution in [0.4, 0.5) is 0 Å². The van der Waals surface area contributed by atoms with Crippen molar-refractivity contribution in [2.75, 3.05) is 20.6 Å². The van der Waals surface area contributed by atoms with E-state index in [-0.39, 0.29) is 0 Å². The lowest BCUT2D eigenvalue weighted by molar-refractivity contribution is 0.428. The minimum Gasteiger partial charge on any atom is -0.315 e. The lowest BCUT2D eigenvalue weighted by Gasteiger charge is -2.17. The number of halogens is 1. The maximum atomic E-state index is 12.5. The van der Waals surface area contributed by atoms with Crippen molar-refractivity contribution in [2.24, 2.45) is 5.92 Å². The lowest BCUT2D eigenvalue weighted by atomic mass is 10.1. The molecule has 19 heavy (non-hydrogen) atoms. The van der Waals surface area contributed by atoms with Gasteiger partial charge in [-0.1, -0.05) is 13.8 Å². The zero-order valence-corrected chi connectivity index (χ0v) is 15.0. The molecule has 0 aromatic carbocycles. The Hall–Kier alpha value is 0.0500. The van der Waals surface area contributed by atoms with Crippen molar-refractivity contribution in [1.29, 1.82) is 0 Å². The van der Waals surface area contributed by atoms with Crippen molar-refractivity contribution in [3.63, 3.8) is 0 Å². The quantitative estimate of drug-likeness (QED) is 0.804. The molecule has 0 bridgehead atoms. The van der Waals surface area contributed by atoms with Crippen LogP contribution < -0.4 is 5.32 Å². The SMILES string of the molecule is CNCc1cc(S(=O)(=O)N(C)CCC(C)C)c(Br)s1. The van der Waals surface area contributed by atoms with E-state index in [4.69, 9.17) is 0 Å². The molecule has 1 heterocycles. The summed E-state index contributed by atoms with van der Waals surface area (Å²) < 4.78 is 27.0. The second-order valence-corrected chi connectivity index (χ2v) is 9.36. The maximum Gasteiger partial charge on any atom is 0.244 e. The van der Waals surface area contributed by atoms with Gasteiger partial charge in [0, 0.05) is 25.0 Å². The molecule has 0 saturated heterocycles. The van der Waals surface area contributed by atoms with Gasteiger partial charge in [-0.2, -0.15) is 0 Å². The van der Waals surface area contributed by atoms with Crippen molar-refractivity contribution < 1.29 is 8.42 Å². The number of rotatable bonds is 7. The molecule has 0 atom stereocenters. The Bertz CT molecular complexity index is 512. The molecule has 1 N–H and O–H groups in total. The van der Waals surface area contributed by atoms with Crippen LogP contribution >= 0.6 is 27.3 Å².